The Labute approximate surface area is 209 Å². The Bertz CT molecular complexity index is 1330. The number of fused-ring (bicyclic) bond motifs is 1. The number of carbonyl (C=O) groups is 1. The number of para-hydroxylation sites is 1. The molecule has 0 spiro atoms. The van der Waals surface area contributed by atoms with Crippen molar-refractivity contribution in [3.05, 3.63) is 108 Å². The Hall–Kier alpha value is -4.46. The van der Waals surface area contributed by atoms with Crippen molar-refractivity contribution in [2.24, 2.45) is 0 Å². The van der Waals surface area contributed by atoms with Gasteiger partial charge in [-0.15, -0.1) is 0 Å². The number of ether oxygens (including phenoxy) is 1. The molecule has 1 aliphatic rings. The van der Waals surface area contributed by atoms with Gasteiger partial charge in [0.2, 0.25) is 11.8 Å². The SMILES string of the molecule is CN(Cc1ccccc1)c1nc2c(c(Oc3ccc(F)cc3)n1)CN(C(=O)Nc1ccccc1)CC2. The minimum atomic E-state index is -0.348. The van der Waals surface area contributed by atoms with Crippen LogP contribution in [0.1, 0.15) is 16.8 Å². The molecule has 0 bridgehead atoms. The van der Waals surface area contributed by atoms with Gasteiger partial charge in [0.1, 0.15) is 11.6 Å². The van der Waals surface area contributed by atoms with E-state index in [1.807, 2.05) is 72.6 Å². The molecule has 0 fully saturated rings. The van der Waals surface area contributed by atoms with Gasteiger partial charge in [0.15, 0.2) is 0 Å². The molecule has 1 aliphatic heterocycles. The minimum Gasteiger partial charge on any atom is -0.438 e. The average Bonchev–Trinajstić information content (AvgIpc) is 2.91. The average molecular weight is 484 g/mol. The number of nitrogens with one attached hydrogen (secondary N) is 1. The first kappa shape index (κ1) is 23.3. The molecule has 1 N–H and O–H groups in total. The lowest BCUT2D eigenvalue weighted by molar-refractivity contribution is 0.205. The number of aromatic nitrogens is 2. The highest BCUT2D eigenvalue weighted by molar-refractivity contribution is 5.89. The molecule has 0 saturated heterocycles. The molecule has 8 heteroatoms. The fourth-order valence-electron chi connectivity index (χ4n) is 4.07. The second kappa shape index (κ2) is 10.4. The van der Waals surface area contributed by atoms with Gasteiger partial charge in [-0.25, -0.2) is 14.2 Å². The van der Waals surface area contributed by atoms with Gasteiger partial charge in [0.25, 0.3) is 0 Å². The van der Waals surface area contributed by atoms with Gasteiger partial charge in [-0.1, -0.05) is 48.5 Å². The number of nitrogens with zero attached hydrogens (tertiary/aromatic N) is 4. The molecular weight excluding hydrogens is 457 g/mol. The molecule has 2 amide bonds. The first-order chi connectivity index (χ1) is 17.5. The van der Waals surface area contributed by atoms with Gasteiger partial charge in [-0.2, -0.15) is 4.98 Å². The van der Waals surface area contributed by atoms with E-state index in [-0.39, 0.29) is 11.8 Å². The quantitative estimate of drug-likeness (QED) is 0.385. The number of rotatable bonds is 6. The van der Waals surface area contributed by atoms with Crippen LogP contribution in [0.3, 0.4) is 0 Å². The standard InChI is InChI=1S/C28H26FN5O2/c1-33(18-20-8-4-2-5-9-20)27-31-25-16-17-34(28(35)30-22-10-6-3-7-11-22)19-24(25)26(32-27)36-23-14-12-21(29)13-15-23/h2-15H,16-19H2,1H3,(H,30,35). The molecule has 7 nitrogen and oxygen atoms in total. The molecule has 0 radical (unpaired) electrons. The fourth-order valence-corrected chi connectivity index (χ4v) is 4.07. The maximum Gasteiger partial charge on any atom is 0.322 e. The van der Waals surface area contributed by atoms with Crippen LogP contribution >= 0.6 is 0 Å². The Morgan fingerprint density at radius 2 is 1.69 bits per heavy atom. The van der Waals surface area contributed by atoms with Gasteiger partial charge < -0.3 is 19.9 Å². The molecule has 4 aromatic rings. The van der Waals surface area contributed by atoms with E-state index in [4.69, 9.17) is 14.7 Å². The third kappa shape index (κ3) is 5.43. The van der Waals surface area contributed by atoms with Crippen molar-refractivity contribution in [2.75, 3.05) is 23.8 Å². The molecule has 5 rings (SSSR count). The summed E-state index contributed by atoms with van der Waals surface area (Å²) in [5.74, 6) is 0.995. The lowest BCUT2D eigenvalue weighted by Crippen LogP contribution is -2.39. The molecule has 0 saturated carbocycles. The van der Waals surface area contributed by atoms with Crippen LogP contribution < -0.4 is 15.0 Å². The largest absolute Gasteiger partial charge is 0.438 e. The monoisotopic (exact) mass is 483 g/mol. The number of amides is 2. The first-order valence-electron chi connectivity index (χ1n) is 11.7. The Balaban J connectivity index is 1.43. The van der Waals surface area contributed by atoms with Crippen molar-refractivity contribution >= 4 is 17.7 Å². The molecule has 0 aliphatic carbocycles. The summed E-state index contributed by atoms with van der Waals surface area (Å²) in [6.07, 6.45) is 0.562. The van der Waals surface area contributed by atoms with Crippen LogP contribution in [0, 0.1) is 5.82 Å². The summed E-state index contributed by atoms with van der Waals surface area (Å²) in [6.45, 7) is 1.44. The second-order valence-electron chi connectivity index (χ2n) is 8.62. The van der Waals surface area contributed by atoms with Crippen molar-refractivity contribution in [2.45, 2.75) is 19.5 Å². The predicted molar refractivity (Wildman–Crippen MR) is 137 cm³/mol. The molecule has 36 heavy (non-hydrogen) atoms. The minimum absolute atomic E-state index is 0.204. The van der Waals surface area contributed by atoms with Crippen molar-refractivity contribution < 1.29 is 13.9 Å². The van der Waals surface area contributed by atoms with Crippen LogP contribution in [0.15, 0.2) is 84.9 Å². The van der Waals surface area contributed by atoms with Crippen LogP contribution in [0.5, 0.6) is 11.6 Å². The van der Waals surface area contributed by atoms with Crippen LogP contribution in [0.4, 0.5) is 20.8 Å². The smallest absolute Gasteiger partial charge is 0.322 e. The summed E-state index contributed by atoms with van der Waals surface area (Å²) in [6, 6.07) is 25.0. The molecule has 182 valence electrons. The zero-order valence-electron chi connectivity index (χ0n) is 19.9. The van der Waals surface area contributed by atoms with Crippen molar-refractivity contribution in [1.29, 1.82) is 0 Å². The van der Waals surface area contributed by atoms with E-state index in [9.17, 15) is 9.18 Å². The van der Waals surface area contributed by atoms with Gasteiger partial charge in [0.05, 0.1) is 17.8 Å². The zero-order chi connectivity index (χ0) is 24.9. The second-order valence-corrected chi connectivity index (χ2v) is 8.62. The lowest BCUT2D eigenvalue weighted by atomic mass is 10.1. The maximum atomic E-state index is 13.5. The predicted octanol–water partition coefficient (Wildman–Crippen LogP) is 5.63. The summed E-state index contributed by atoms with van der Waals surface area (Å²) in [5, 5.41) is 2.93. The lowest BCUT2D eigenvalue weighted by Gasteiger charge is -2.30. The van der Waals surface area contributed by atoms with Gasteiger partial charge in [-0.05, 0) is 42.0 Å². The van der Waals surface area contributed by atoms with E-state index in [1.54, 1.807) is 17.0 Å². The van der Waals surface area contributed by atoms with Gasteiger partial charge >= 0.3 is 6.03 Å². The summed E-state index contributed by atoms with van der Waals surface area (Å²) < 4.78 is 19.6. The van der Waals surface area contributed by atoms with Crippen LogP contribution in [-0.2, 0) is 19.5 Å². The van der Waals surface area contributed by atoms with Crippen LogP contribution in [-0.4, -0.2) is 34.5 Å². The highest BCUT2D eigenvalue weighted by atomic mass is 19.1. The van der Waals surface area contributed by atoms with Crippen molar-refractivity contribution in [3.63, 3.8) is 0 Å². The fraction of sp³-hybridized carbons (Fsp3) is 0.179. The summed E-state index contributed by atoms with van der Waals surface area (Å²) in [4.78, 5) is 26.2. The number of carbonyl (C=O) groups excluding carboxylic acids is 1. The normalized spacial score (nSPS) is 12.6. The highest BCUT2D eigenvalue weighted by Gasteiger charge is 2.27. The number of anilines is 2. The number of hydrogen-bond donors (Lipinski definition) is 1. The first-order valence-corrected chi connectivity index (χ1v) is 11.7. The third-order valence-electron chi connectivity index (χ3n) is 5.95. The number of benzene rings is 3. The van der Waals surface area contributed by atoms with E-state index in [0.717, 1.165) is 22.5 Å². The topological polar surface area (TPSA) is 70.6 Å². The Morgan fingerprint density at radius 1 is 1.00 bits per heavy atom. The number of urea groups is 1. The van der Waals surface area contributed by atoms with E-state index in [1.165, 1.54) is 12.1 Å². The molecule has 2 heterocycles. The molecular formula is C28H26FN5O2. The van der Waals surface area contributed by atoms with Crippen molar-refractivity contribution in [3.8, 4) is 11.6 Å². The van der Waals surface area contributed by atoms with Gasteiger partial charge in [-0.3, -0.25) is 0 Å². The van der Waals surface area contributed by atoms with Crippen LogP contribution in [0.2, 0.25) is 0 Å². The van der Waals surface area contributed by atoms with Crippen molar-refractivity contribution in [1.82, 2.24) is 14.9 Å². The van der Waals surface area contributed by atoms with E-state index >= 15 is 0 Å². The van der Waals surface area contributed by atoms with Gasteiger partial charge in [0, 0.05) is 32.2 Å². The summed E-state index contributed by atoms with van der Waals surface area (Å²) in [7, 11) is 1.93. The highest BCUT2D eigenvalue weighted by Crippen LogP contribution is 2.32. The van der Waals surface area contributed by atoms with E-state index < -0.39 is 0 Å². The number of hydrogen-bond acceptors (Lipinski definition) is 5. The van der Waals surface area contributed by atoms with Crippen LogP contribution in [0.25, 0.3) is 0 Å². The molecule has 3 aromatic carbocycles. The Morgan fingerprint density at radius 3 is 2.42 bits per heavy atom. The molecule has 1 aromatic heterocycles. The maximum absolute atomic E-state index is 13.5. The summed E-state index contributed by atoms with van der Waals surface area (Å²) in [5.41, 5.74) is 3.43. The molecule has 0 unspecified atom stereocenters. The van der Waals surface area contributed by atoms with E-state index in [0.29, 0.717) is 43.6 Å². The molecule has 0 atom stereocenters. The Kier molecular flexibility index (Phi) is 6.75. The number of halogens is 1. The summed E-state index contributed by atoms with van der Waals surface area (Å²) >= 11 is 0. The zero-order valence-corrected chi connectivity index (χ0v) is 19.9. The third-order valence-corrected chi connectivity index (χ3v) is 5.95. The van der Waals surface area contributed by atoms with E-state index in [2.05, 4.69) is 5.32 Å².